The van der Waals surface area contributed by atoms with E-state index in [9.17, 15) is 4.79 Å². The van der Waals surface area contributed by atoms with E-state index < -0.39 is 0 Å². The van der Waals surface area contributed by atoms with Crippen molar-refractivity contribution in [1.82, 2.24) is 0 Å². The number of nitrogens with one attached hydrogen (secondary N) is 1. The van der Waals surface area contributed by atoms with Crippen LogP contribution in [0.2, 0.25) is 0 Å². The Morgan fingerprint density at radius 2 is 2.06 bits per heavy atom. The predicted octanol–water partition coefficient (Wildman–Crippen LogP) is 4.42. The lowest BCUT2D eigenvalue weighted by atomic mass is 10.2. The smallest absolute Gasteiger partial charge is 0.265 e. The topological polar surface area (TPSA) is 55.1 Å². The molecule has 0 fully saturated rings. The fourth-order valence-electron chi connectivity index (χ4n) is 1.44. The molecule has 3 nitrogen and oxygen atoms in total. The lowest BCUT2D eigenvalue weighted by molar-refractivity contribution is 0.103. The van der Waals surface area contributed by atoms with Crippen LogP contribution in [0, 0.1) is 6.92 Å². The number of carbonyl (C=O) groups is 1. The van der Waals surface area contributed by atoms with Gasteiger partial charge in [-0.05, 0) is 62.5 Å². The summed E-state index contributed by atoms with van der Waals surface area (Å²) in [5.41, 5.74) is 8.11. The maximum atomic E-state index is 12.0. The van der Waals surface area contributed by atoms with Gasteiger partial charge in [0.1, 0.15) is 0 Å². The van der Waals surface area contributed by atoms with E-state index in [1.807, 2.05) is 19.1 Å². The van der Waals surface area contributed by atoms with Crippen molar-refractivity contribution >= 4 is 60.5 Å². The van der Waals surface area contributed by atoms with Gasteiger partial charge < -0.3 is 11.1 Å². The minimum Gasteiger partial charge on any atom is -0.397 e. The summed E-state index contributed by atoms with van der Waals surface area (Å²) in [6.45, 7) is 1.95. The minimum absolute atomic E-state index is 0.165. The van der Waals surface area contributed by atoms with Crippen molar-refractivity contribution in [3.63, 3.8) is 0 Å². The van der Waals surface area contributed by atoms with Crippen LogP contribution < -0.4 is 11.1 Å². The molecule has 1 heterocycles. The van der Waals surface area contributed by atoms with Gasteiger partial charge in [0.15, 0.2) is 0 Å². The third-order valence-electron chi connectivity index (χ3n) is 2.32. The van der Waals surface area contributed by atoms with Gasteiger partial charge in [-0.25, -0.2) is 0 Å². The van der Waals surface area contributed by atoms with Crippen molar-refractivity contribution in [2.45, 2.75) is 6.92 Å². The van der Waals surface area contributed by atoms with Crippen LogP contribution in [0.3, 0.4) is 0 Å². The zero-order valence-corrected chi connectivity index (χ0v) is 13.4. The van der Waals surface area contributed by atoms with Gasteiger partial charge in [0.05, 0.1) is 20.0 Å². The molecule has 0 aliphatic heterocycles. The Hall–Kier alpha value is -0.850. The highest BCUT2D eigenvalue weighted by atomic mass is 79.9. The van der Waals surface area contributed by atoms with Crippen LogP contribution in [0.4, 0.5) is 11.4 Å². The second-order valence-corrected chi connectivity index (χ2v) is 7.00. The average molecular weight is 390 g/mol. The normalized spacial score (nSPS) is 10.4. The number of nitrogen functional groups attached to an aromatic ring is 1. The van der Waals surface area contributed by atoms with Gasteiger partial charge >= 0.3 is 0 Å². The van der Waals surface area contributed by atoms with Gasteiger partial charge in [-0.3, -0.25) is 4.79 Å². The molecule has 0 atom stereocenters. The molecule has 1 amide bonds. The van der Waals surface area contributed by atoms with Gasteiger partial charge in [0, 0.05) is 4.47 Å². The van der Waals surface area contributed by atoms with Gasteiger partial charge in [-0.2, -0.15) is 0 Å². The fraction of sp³-hybridized carbons (Fsp3) is 0.0833. The standard InChI is InChI=1S/C12H10Br2N2OS/c1-6-2-3-9(8(15)4-6)16-12(17)10-5-7(13)11(14)18-10/h2-5H,15H2,1H3,(H,16,17). The molecule has 0 spiro atoms. The maximum Gasteiger partial charge on any atom is 0.265 e. The monoisotopic (exact) mass is 388 g/mol. The number of halogens is 2. The molecule has 6 heteroatoms. The van der Waals surface area contributed by atoms with Crippen LogP contribution in [-0.2, 0) is 0 Å². The van der Waals surface area contributed by atoms with Crippen molar-refractivity contribution in [3.05, 3.63) is 43.0 Å². The number of aryl methyl sites for hydroxylation is 1. The largest absolute Gasteiger partial charge is 0.397 e. The zero-order valence-electron chi connectivity index (χ0n) is 9.46. The molecule has 1 aromatic carbocycles. The quantitative estimate of drug-likeness (QED) is 0.747. The number of thiophene rings is 1. The Balaban J connectivity index is 2.21. The molecule has 0 saturated heterocycles. The van der Waals surface area contributed by atoms with Crippen LogP contribution in [0.15, 0.2) is 32.5 Å². The summed E-state index contributed by atoms with van der Waals surface area (Å²) in [6.07, 6.45) is 0. The number of hydrogen-bond acceptors (Lipinski definition) is 3. The lowest BCUT2D eigenvalue weighted by Gasteiger charge is -2.07. The van der Waals surface area contributed by atoms with Crippen LogP contribution in [0.25, 0.3) is 0 Å². The number of benzene rings is 1. The van der Waals surface area contributed by atoms with E-state index in [1.165, 1.54) is 11.3 Å². The SMILES string of the molecule is Cc1ccc(NC(=O)c2cc(Br)c(Br)s2)c(N)c1. The Morgan fingerprint density at radius 3 is 2.61 bits per heavy atom. The molecule has 2 rings (SSSR count). The van der Waals surface area contributed by atoms with Crippen molar-refractivity contribution < 1.29 is 4.79 Å². The van der Waals surface area contributed by atoms with Crippen molar-refractivity contribution in [2.24, 2.45) is 0 Å². The Morgan fingerprint density at radius 1 is 1.33 bits per heavy atom. The van der Waals surface area contributed by atoms with Crippen molar-refractivity contribution in [2.75, 3.05) is 11.1 Å². The molecule has 0 unspecified atom stereocenters. The van der Waals surface area contributed by atoms with Crippen LogP contribution in [0.1, 0.15) is 15.2 Å². The van der Waals surface area contributed by atoms with Crippen LogP contribution in [-0.4, -0.2) is 5.91 Å². The third-order valence-corrected chi connectivity index (χ3v) is 5.58. The molecule has 0 radical (unpaired) electrons. The van der Waals surface area contributed by atoms with Crippen LogP contribution >= 0.6 is 43.2 Å². The van der Waals surface area contributed by atoms with Crippen molar-refractivity contribution in [3.8, 4) is 0 Å². The van der Waals surface area contributed by atoms with Crippen molar-refractivity contribution in [1.29, 1.82) is 0 Å². The molecule has 3 N–H and O–H groups in total. The highest BCUT2D eigenvalue weighted by molar-refractivity contribution is 9.13. The first-order valence-electron chi connectivity index (χ1n) is 5.09. The number of hydrogen-bond donors (Lipinski definition) is 2. The molecule has 0 aliphatic carbocycles. The number of rotatable bonds is 2. The van der Waals surface area contributed by atoms with E-state index in [0.29, 0.717) is 16.3 Å². The van der Waals surface area contributed by atoms with E-state index >= 15 is 0 Å². The molecular formula is C12H10Br2N2OS. The summed E-state index contributed by atoms with van der Waals surface area (Å²) in [5, 5.41) is 2.80. The number of anilines is 2. The minimum atomic E-state index is -0.165. The van der Waals surface area contributed by atoms with E-state index in [0.717, 1.165) is 13.8 Å². The van der Waals surface area contributed by atoms with E-state index in [-0.39, 0.29) is 5.91 Å². The predicted molar refractivity (Wildman–Crippen MR) is 83.3 cm³/mol. The molecule has 0 saturated carbocycles. The van der Waals surface area contributed by atoms with E-state index in [1.54, 1.807) is 12.1 Å². The molecule has 2 aromatic rings. The highest BCUT2D eigenvalue weighted by Crippen LogP contribution is 2.33. The number of nitrogens with two attached hydrogens (primary N) is 1. The summed E-state index contributed by atoms with van der Waals surface area (Å²) in [5.74, 6) is -0.165. The maximum absolute atomic E-state index is 12.0. The first kappa shape index (κ1) is 13.6. The van der Waals surface area contributed by atoms with Gasteiger partial charge in [0.2, 0.25) is 0 Å². The Bertz CT molecular complexity index is 591. The third kappa shape index (κ3) is 2.93. The average Bonchev–Trinajstić information content (AvgIpc) is 2.63. The van der Waals surface area contributed by atoms with Crippen LogP contribution in [0.5, 0.6) is 0 Å². The summed E-state index contributed by atoms with van der Waals surface area (Å²) >= 11 is 8.08. The molecule has 94 valence electrons. The number of amides is 1. The molecular weight excluding hydrogens is 380 g/mol. The van der Waals surface area contributed by atoms with Gasteiger partial charge in [-0.15, -0.1) is 11.3 Å². The summed E-state index contributed by atoms with van der Waals surface area (Å²) in [7, 11) is 0. The molecule has 18 heavy (non-hydrogen) atoms. The van der Waals surface area contributed by atoms with E-state index in [4.69, 9.17) is 5.73 Å². The summed E-state index contributed by atoms with van der Waals surface area (Å²) in [4.78, 5) is 12.6. The molecule has 0 bridgehead atoms. The first-order chi connectivity index (χ1) is 8.47. The molecule has 0 aliphatic rings. The fourth-order valence-corrected chi connectivity index (χ4v) is 3.37. The summed E-state index contributed by atoms with van der Waals surface area (Å²) in [6, 6.07) is 7.32. The zero-order chi connectivity index (χ0) is 13.3. The first-order valence-corrected chi connectivity index (χ1v) is 7.50. The Kier molecular flexibility index (Phi) is 4.09. The van der Waals surface area contributed by atoms with E-state index in [2.05, 4.69) is 37.2 Å². The highest BCUT2D eigenvalue weighted by Gasteiger charge is 2.13. The Labute approximate surface area is 126 Å². The van der Waals surface area contributed by atoms with Gasteiger partial charge in [-0.1, -0.05) is 6.07 Å². The summed E-state index contributed by atoms with van der Waals surface area (Å²) < 4.78 is 1.76. The van der Waals surface area contributed by atoms with Gasteiger partial charge in [0.25, 0.3) is 5.91 Å². The number of carbonyl (C=O) groups excluding carboxylic acids is 1. The molecule has 1 aromatic heterocycles. The second-order valence-electron chi connectivity index (χ2n) is 3.78. The second kappa shape index (κ2) is 5.42. The lowest BCUT2D eigenvalue weighted by Crippen LogP contribution is -2.11.